The highest BCUT2D eigenvalue weighted by Gasteiger charge is 2.43. The van der Waals surface area contributed by atoms with Crippen molar-refractivity contribution in [1.29, 1.82) is 0 Å². The van der Waals surface area contributed by atoms with Crippen molar-refractivity contribution >= 4 is 11.7 Å². The minimum absolute atomic E-state index is 0.0897. The van der Waals surface area contributed by atoms with Crippen LogP contribution in [0.2, 0.25) is 0 Å². The first-order valence-electron chi connectivity index (χ1n) is 4.48. The van der Waals surface area contributed by atoms with E-state index < -0.39 is 11.3 Å². The molecule has 0 radical (unpaired) electrons. The van der Waals surface area contributed by atoms with Crippen LogP contribution in [0.1, 0.15) is 19.8 Å². The zero-order valence-electron chi connectivity index (χ0n) is 8.17. The molecule has 0 aromatic heterocycles. The molecule has 74 valence electrons. The molecule has 1 heterocycles. The zero-order valence-corrected chi connectivity index (χ0v) is 8.17. The van der Waals surface area contributed by atoms with E-state index in [0.29, 0.717) is 12.8 Å². The van der Waals surface area contributed by atoms with Gasteiger partial charge in [0.25, 0.3) is 0 Å². The van der Waals surface area contributed by atoms with Crippen molar-refractivity contribution in [3.63, 3.8) is 0 Å². The summed E-state index contributed by atoms with van der Waals surface area (Å²) in [6.45, 7) is 2.99. The highest BCUT2D eigenvalue weighted by Crippen LogP contribution is 2.31. The van der Waals surface area contributed by atoms with Crippen molar-refractivity contribution < 1.29 is 9.59 Å². The maximum atomic E-state index is 11.3. The summed E-state index contributed by atoms with van der Waals surface area (Å²) in [5, 5.41) is 0. The van der Waals surface area contributed by atoms with Gasteiger partial charge in [0.15, 0.2) is 0 Å². The molecule has 13 heavy (non-hydrogen) atoms. The molecule has 1 aliphatic rings. The third-order valence-corrected chi connectivity index (χ3v) is 2.99. The molecule has 0 aromatic rings. The number of piperidine rings is 1. The number of Topliss-reactive ketones (excluding diaryl/α,β-unsaturated/α-hetero) is 1. The second-order valence-corrected chi connectivity index (χ2v) is 3.81. The van der Waals surface area contributed by atoms with Crippen LogP contribution < -0.4 is 5.73 Å². The van der Waals surface area contributed by atoms with Crippen molar-refractivity contribution in [2.75, 3.05) is 20.1 Å². The van der Waals surface area contributed by atoms with Gasteiger partial charge in [0.2, 0.25) is 5.91 Å². The molecule has 0 aliphatic carbocycles. The molecule has 0 saturated carbocycles. The summed E-state index contributed by atoms with van der Waals surface area (Å²) in [5.41, 5.74) is 4.39. The molecule has 1 aliphatic heterocycles. The second-order valence-electron chi connectivity index (χ2n) is 3.81. The first-order chi connectivity index (χ1) is 5.99. The van der Waals surface area contributed by atoms with E-state index >= 15 is 0 Å². The molecule has 0 spiro atoms. The van der Waals surface area contributed by atoms with Gasteiger partial charge in [-0.25, -0.2) is 0 Å². The van der Waals surface area contributed by atoms with E-state index in [9.17, 15) is 9.59 Å². The molecule has 0 unspecified atom stereocenters. The van der Waals surface area contributed by atoms with E-state index in [2.05, 4.69) is 4.90 Å². The number of carbonyl (C=O) groups is 2. The number of nitrogens with two attached hydrogens (primary N) is 1. The van der Waals surface area contributed by atoms with Crippen LogP contribution in [0.4, 0.5) is 0 Å². The predicted octanol–water partition coefficient (Wildman–Crippen LogP) is -0.227. The normalized spacial score (nSPS) is 22.6. The topological polar surface area (TPSA) is 63.4 Å². The fraction of sp³-hybridized carbons (Fsp3) is 0.778. The molecule has 1 amide bonds. The summed E-state index contributed by atoms with van der Waals surface area (Å²) in [6.07, 6.45) is 1.13. The van der Waals surface area contributed by atoms with Crippen LogP contribution in [-0.4, -0.2) is 36.7 Å². The van der Waals surface area contributed by atoms with Gasteiger partial charge in [-0.3, -0.25) is 9.59 Å². The van der Waals surface area contributed by atoms with Crippen molar-refractivity contribution in [3.05, 3.63) is 0 Å². The van der Waals surface area contributed by atoms with Gasteiger partial charge >= 0.3 is 0 Å². The van der Waals surface area contributed by atoms with Crippen molar-refractivity contribution in [2.45, 2.75) is 19.8 Å². The average Bonchev–Trinajstić information content (AvgIpc) is 2.04. The minimum atomic E-state index is -0.882. The number of hydrogen-bond donors (Lipinski definition) is 1. The maximum Gasteiger partial charge on any atom is 0.231 e. The third-order valence-electron chi connectivity index (χ3n) is 2.99. The van der Waals surface area contributed by atoms with E-state index in [4.69, 9.17) is 5.73 Å². The van der Waals surface area contributed by atoms with Gasteiger partial charge in [-0.1, -0.05) is 0 Å². The van der Waals surface area contributed by atoms with E-state index in [1.165, 1.54) is 6.92 Å². The standard InChI is InChI=1S/C9H16N2O2/c1-7(12)9(8(10)13)3-5-11(2)6-4-9/h3-6H2,1-2H3,(H2,10,13). The maximum absolute atomic E-state index is 11.3. The average molecular weight is 184 g/mol. The Balaban J connectivity index is 2.82. The number of ketones is 1. The number of hydrogen-bond acceptors (Lipinski definition) is 3. The molecule has 0 bridgehead atoms. The summed E-state index contributed by atoms with van der Waals surface area (Å²) in [6, 6.07) is 0. The van der Waals surface area contributed by atoms with E-state index in [-0.39, 0.29) is 5.78 Å². The fourth-order valence-electron chi connectivity index (χ4n) is 1.77. The molecule has 1 fully saturated rings. The molecule has 1 saturated heterocycles. The zero-order chi connectivity index (χ0) is 10.1. The first-order valence-corrected chi connectivity index (χ1v) is 4.48. The van der Waals surface area contributed by atoms with Gasteiger partial charge in [0, 0.05) is 0 Å². The lowest BCUT2D eigenvalue weighted by atomic mass is 9.75. The van der Waals surface area contributed by atoms with Crippen molar-refractivity contribution in [2.24, 2.45) is 11.1 Å². The lowest BCUT2D eigenvalue weighted by Gasteiger charge is -2.36. The van der Waals surface area contributed by atoms with Gasteiger partial charge in [-0.05, 0) is 39.9 Å². The summed E-state index contributed by atoms with van der Waals surface area (Å²) >= 11 is 0. The minimum Gasteiger partial charge on any atom is -0.369 e. The monoisotopic (exact) mass is 184 g/mol. The Morgan fingerprint density at radius 3 is 2.08 bits per heavy atom. The predicted molar refractivity (Wildman–Crippen MR) is 49.0 cm³/mol. The Morgan fingerprint density at radius 1 is 1.31 bits per heavy atom. The molecule has 0 aromatic carbocycles. The Hall–Kier alpha value is -0.900. The number of nitrogens with zero attached hydrogens (tertiary/aromatic N) is 1. The Morgan fingerprint density at radius 2 is 1.77 bits per heavy atom. The van der Waals surface area contributed by atoms with Crippen LogP contribution in [0.15, 0.2) is 0 Å². The quantitative estimate of drug-likeness (QED) is 0.603. The number of likely N-dealkylation sites (tertiary alicyclic amines) is 1. The van der Waals surface area contributed by atoms with E-state index in [1.807, 2.05) is 7.05 Å². The van der Waals surface area contributed by atoms with E-state index in [0.717, 1.165) is 13.1 Å². The highest BCUT2D eigenvalue weighted by atomic mass is 16.2. The number of primary amides is 1. The van der Waals surface area contributed by atoms with Gasteiger partial charge in [-0.2, -0.15) is 0 Å². The Labute approximate surface area is 78.1 Å². The van der Waals surface area contributed by atoms with Gasteiger partial charge < -0.3 is 10.6 Å². The lowest BCUT2D eigenvalue weighted by molar-refractivity contribution is -0.142. The Kier molecular flexibility index (Phi) is 2.71. The molecule has 4 nitrogen and oxygen atoms in total. The summed E-state index contributed by atoms with van der Waals surface area (Å²) in [7, 11) is 1.98. The van der Waals surface area contributed by atoms with Gasteiger partial charge in [0.1, 0.15) is 11.2 Å². The van der Waals surface area contributed by atoms with Crippen LogP contribution >= 0.6 is 0 Å². The Bertz CT molecular complexity index is 214. The van der Waals surface area contributed by atoms with Crippen LogP contribution in [0.25, 0.3) is 0 Å². The van der Waals surface area contributed by atoms with Crippen molar-refractivity contribution in [1.82, 2.24) is 4.90 Å². The van der Waals surface area contributed by atoms with Gasteiger partial charge in [-0.15, -0.1) is 0 Å². The van der Waals surface area contributed by atoms with E-state index in [1.54, 1.807) is 0 Å². The fourth-order valence-corrected chi connectivity index (χ4v) is 1.77. The summed E-state index contributed by atoms with van der Waals surface area (Å²) in [5.74, 6) is -0.554. The van der Waals surface area contributed by atoms with Crippen molar-refractivity contribution in [3.8, 4) is 0 Å². The SMILES string of the molecule is CC(=O)C1(C(N)=O)CCN(C)CC1. The number of carbonyl (C=O) groups excluding carboxylic acids is 2. The molecular weight excluding hydrogens is 168 g/mol. The number of amides is 1. The molecule has 4 heteroatoms. The highest BCUT2D eigenvalue weighted by molar-refractivity contribution is 6.04. The third kappa shape index (κ3) is 1.72. The summed E-state index contributed by atoms with van der Waals surface area (Å²) < 4.78 is 0. The molecule has 2 N–H and O–H groups in total. The largest absolute Gasteiger partial charge is 0.369 e. The molecule has 1 rings (SSSR count). The van der Waals surface area contributed by atoms with Crippen LogP contribution in [0, 0.1) is 5.41 Å². The number of rotatable bonds is 2. The smallest absolute Gasteiger partial charge is 0.231 e. The second kappa shape index (κ2) is 3.46. The van der Waals surface area contributed by atoms with Crippen LogP contribution in [-0.2, 0) is 9.59 Å². The van der Waals surface area contributed by atoms with Crippen LogP contribution in [0.5, 0.6) is 0 Å². The molecular formula is C9H16N2O2. The summed E-state index contributed by atoms with van der Waals surface area (Å²) in [4.78, 5) is 24.7. The lowest BCUT2D eigenvalue weighted by Crippen LogP contribution is -2.50. The van der Waals surface area contributed by atoms with Crippen LogP contribution in [0.3, 0.4) is 0 Å². The van der Waals surface area contributed by atoms with Gasteiger partial charge in [0.05, 0.1) is 0 Å². The first kappa shape index (κ1) is 10.2. The molecule has 0 atom stereocenters.